The molecular formula is C21H25N3O3S. The summed E-state index contributed by atoms with van der Waals surface area (Å²) in [5, 5.41) is 14.0. The lowest BCUT2D eigenvalue weighted by Crippen LogP contribution is -2.32. The van der Waals surface area contributed by atoms with Gasteiger partial charge in [0.05, 0.1) is 4.92 Å². The van der Waals surface area contributed by atoms with Crippen LogP contribution in [0.5, 0.6) is 0 Å². The second kappa shape index (κ2) is 9.21. The minimum absolute atomic E-state index is 0.0726. The van der Waals surface area contributed by atoms with E-state index in [-0.39, 0.29) is 11.3 Å². The zero-order chi connectivity index (χ0) is 20.1. The van der Waals surface area contributed by atoms with Gasteiger partial charge in [-0.1, -0.05) is 19.1 Å². The fourth-order valence-electron chi connectivity index (χ4n) is 3.35. The van der Waals surface area contributed by atoms with Gasteiger partial charge in [0.2, 0.25) is 0 Å². The van der Waals surface area contributed by atoms with Crippen LogP contribution in [0.1, 0.15) is 35.7 Å². The molecule has 7 heteroatoms. The maximum atomic E-state index is 12.6. The van der Waals surface area contributed by atoms with E-state index in [1.54, 1.807) is 12.1 Å². The highest BCUT2D eigenvalue weighted by Gasteiger charge is 2.21. The molecule has 148 valence electrons. The molecule has 28 heavy (non-hydrogen) atoms. The number of thioether (sulfide) groups is 1. The Kier molecular flexibility index (Phi) is 6.70. The number of nitrogens with zero attached hydrogens (tertiary/aromatic N) is 2. The fraction of sp³-hybridized carbons (Fsp3) is 0.381. The minimum Gasteiger partial charge on any atom is -0.322 e. The molecule has 1 aliphatic heterocycles. The Bertz CT molecular complexity index is 846. The highest BCUT2D eigenvalue weighted by atomic mass is 32.2. The van der Waals surface area contributed by atoms with Crippen LogP contribution in [0.2, 0.25) is 0 Å². The number of rotatable bonds is 6. The first kappa shape index (κ1) is 20.4. The minimum atomic E-state index is -0.526. The van der Waals surface area contributed by atoms with Gasteiger partial charge in [0.25, 0.3) is 11.6 Å². The van der Waals surface area contributed by atoms with E-state index in [1.807, 2.05) is 30.5 Å². The Morgan fingerprint density at radius 2 is 1.89 bits per heavy atom. The van der Waals surface area contributed by atoms with Crippen molar-refractivity contribution in [3.63, 3.8) is 0 Å². The molecule has 0 aliphatic carbocycles. The second-order valence-electron chi connectivity index (χ2n) is 7.25. The predicted molar refractivity (Wildman–Crippen MR) is 113 cm³/mol. The lowest BCUT2D eigenvalue weighted by molar-refractivity contribution is -0.385. The average Bonchev–Trinajstić information content (AvgIpc) is 2.70. The summed E-state index contributed by atoms with van der Waals surface area (Å²) in [6, 6.07) is 12.3. The van der Waals surface area contributed by atoms with Crippen molar-refractivity contribution in [3.05, 3.63) is 63.7 Å². The van der Waals surface area contributed by atoms with Crippen LogP contribution >= 0.6 is 11.8 Å². The SMILES string of the molecule is CSc1ccc([N+](=O)[O-])c(C(=O)Nc2ccc(CN3CCC(C)CC3)cc2)c1. The first-order valence-corrected chi connectivity index (χ1v) is 10.6. The van der Waals surface area contributed by atoms with Gasteiger partial charge in [-0.05, 0) is 67.9 Å². The molecule has 3 rings (SSSR count). The first-order valence-electron chi connectivity index (χ1n) is 9.41. The van der Waals surface area contributed by atoms with Gasteiger partial charge in [-0.25, -0.2) is 0 Å². The highest BCUT2D eigenvalue weighted by Crippen LogP contribution is 2.26. The monoisotopic (exact) mass is 399 g/mol. The van der Waals surface area contributed by atoms with E-state index in [0.29, 0.717) is 5.69 Å². The molecule has 1 saturated heterocycles. The number of amides is 1. The largest absolute Gasteiger partial charge is 0.322 e. The molecule has 0 spiro atoms. The molecule has 1 aliphatic rings. The van der Waals surface area contributed by atoms with Gasteiger partial charge in [0.1, 0.15) is 5.56 Å². The van der Waals surface area contributed by atoms with E-state index in [4.69, 9.17) is 0 Å². The van der Waals surface area contributed by atoms with Crippen LogP contribution in [-0.4, -0.2) is 35.1 Å². The Labute approximate surface area is 169 Å². The molecular weight excluding hydrogens is 374 g/mol. The Morgan fingerprint density at radius 3 is 2.50 bits per heavy atom. The van der Waals surface area contributed by atoms with Crippen molar-refractivity contribution in [2.75, 3.05) is 24.7 Å². The Hall–Kier alpha value is -2.38. The van der Waals surface area contributed by atoms with E-state index in [0.717, 1.165) is 30.4 Å². The zero-order valence-corrected chi connectivity index (χ0v) is 17.0. The first-order chi connectivity index (χ1) is 13.5. The molecule has 6 nitrogen and oxygen atoms in total. The molecule has 0 radical (unpaired) electrons. The number of nitro groups is 1. The van der Waals surface area contributed by atoms with Crippen molar-refractivity contribution < 1.29 is 9.72 Å². The van der Waals surface area contributed by atoms with Crippen LogP contribution in [0.4, 0.5) is 11.4 Å². The molecule has 2 aromatic carbocycles. The number of nitro benzene ring substituents is 1. The van der Waals surface area contributed by atoms with Gasteiger partial charge in [0.15, 0.2) is 0 Å². The van der Waals surface area contributed by atoms with E-state index in [9.17, 15) is 14.9 Å². The maximum absolute atomic E-state index is 12.6. The number of hydrogen-bond donors (Lipinski definition) is 1. The summed E-state index contributed by atoms with van der Waals surface area (Å²) in [6.07, 6.45) is 4.34. The van der Waals surface area contributed by atoms with Gasteiger partial charge in [-0.2, -0.15) is 0 Å². The van der Waals surface area contributed by atoms with Crippen molar-refractivity contribution in [2.24, 2.45) is 5.92 Å². The summed E-state index contributed by atoms with van der Waals surface area (Å²) in [7, 11) is 0. The van der Waals surface area contributed by atoms with E-state index >= 15 is 0 Å². The van der Waals surface area contributed by atoms with Crippen LogP contribution in [0.25, 0.3) is 0 Å². The molecule has 2 aromatic rings. The molecule has 1 amide bonds. The molecule has 1 heterocycles. The van der Waals surface area contributed by atoms with Gasteiger partial charge in [-0.15, -0.1) is 11.8 Å². The van der Waals surface area contributed by atoms with Gasteiger partial charge >= 0.3 is 0 Å². The third kappa shape index (κ3) is 5.11. The number of nitrogens with one attached hydrogen (secondary N) is 1. The lowest BCUT2D eigenvalue weighted by Gasteiger charge is -2.30. The third-order valence-corrected chi connectivity index (χ3v) is 5.86. The summed E-state index contributed by atoms with van der Waals surface area (Å²) in [5.74, 6) is 0.336. The van der Waals surface area contributed by atoms with Crippen LogP contribution < -0.4 is 5.32 Å². The number of carbonyl (C=O) groups is 1. The summed E-state index contributed by atoms with van der Waals surface area (Å²) < 4.78 is 0. The summed E-state index contributed by atoms with van der Waals surface area (Å²) in [4.78, 5) is 26.6. The summed E-state index contributed by atoms with van der Waals surface area (Å²) in [5.41, 5.74) is 1.71. The van der Waals surface area contributed by atoms with Crippen LogP contribution in [-0.2, 0) is 6.54 Å². The molecule has 1 fully saturated rings. The molecule has 0 atom stereocenters. The zero-order valence-electron chi connectivity index (χ0n) is 16.2. The maximum Gasteiger partial charge on any atom is 0.282 e. The predicted octanol–water partition coefficient (Wildman–Crippen LogP) is 4.80. The van der Waals surface area contributed by atoms with Crippen molar-refractivity contribution in [1.29, 1.82) is 0 Å². The Morgan fingerprint density at radius 1 is 1.21 bits per heavy atom. The molecule has 1 N–H and O–H groups in total. The number of hydrogen-bond acceptors (Lipinski definition) is 5. The van der Waals surface area contributed by atoms with Gasteiger partial charge in [0, 0.05) is 23.2 Å². The standard InChI is InChI=1S/C21H25N3O3S/c1-15-9-11-23(12-10-15)14-16-3-5-17(6-4-16)22-21(25)19-13-18(28-2)7-8-20(19)24(26)27/h3-8,13,15H,9-12,14H2,1-2H3,(H,22,25). The van der Waals surface area contributed by atoms with E-state index in [1.165, 1.54) is 36.2 Å². The van der Waals surface area contributed by atoms with Gasteiger partial charge in [-0.3, -0.25) is 19.8 Å². The number of piperidine rings is 1. The van der Waals surface area contributed by atoms with E-state index in [2.05, 4.69) is 17.1 Å². The topological polar surface area (TPSA) is 75.5 Å². The molecule has 0 bridgehead atoms. The van der Waals surface area contributed by atoms with Crippen LogP contribution in [0.3, 0.4) is 0 Å². The van der Waals surface area contributed by atoms with Crippen molar-refractivity contribution in [3.8, 4) is 0 Å². The third-order valence-electron chi connectivity index (χ3n) is 5.14. The quantitative estimate of drug-likeness (QED) is 0.429. The number of anilines is 1. The van der Waals surface area contributed by atoms with Crippen molar-refractivity contribution >= 4 is 29.0 Å². The fourth-order valence-corrected chi connectivity index (χ4v) is 3.79. The number of benzene rings is 2. The number of likely N-dealkylation sites (tertiary alicyclic amines) is 1. The van der Waals surface area contributed by atoms with Crippen molar-refractivity contribution in [2.45, 2.75) is 31.2 Å². The average molecular weight is 400 g/mol. The second-order valence-corrected chi connectivity index (χ2v) is 8.13. The Balaban J connectivity index is 1.67. The van der Waals surface area contributed by atoms with Crippen LogP contribution in [0, 0.1) is 16.0 Å². The summed E-state index contributed by atoms with van der Waals surface area (Å²) >= 11 is 1.44. The van der Waals surface area contributed by atoms with Crippen LogP contribution in [0.15, 0.2) is 47.4 Å². The molecule has 0 saturated carbocycles. The molecule has 0 aromatic heterocycles. The summed E-state index contributed by atoms with van der Waals surface area (Å²) in [6.45, 7) is 5.44. The van der Waals surface area contributed by atoms with E-state index < -0.39 is 10.8 Å². The smallest absolute Gasteiger partial charge is 0.282 e. The normalized spacial score (nSPS) is 15.4. The molecule has 0 unspecified atom stereocenters. The lowest BCUT2D eigenvalue weighted by atomic mass is 9.99. The van der Waals surface area contributed by atoms with Gasteiger partial charge < -0.3 is 5.32 Å². The highest BCUT2D eigenvalue weighted by molar-refractivity contribution is 7.98. The van der Waals surface area contributed by atoms with Crippen molar-refractivity contribution in [1.82, 2.24) is 4.90 Å². The number of carbonyl (C=O) groups excluding carboxylic acids is 1.